The molecule has 31 heavy (non-hydrogen) atoms. The van der Waals surface area contributed by atoms with Crippen LogP contribution in [0.2, 0.25) is 0 Å². The van der Waals surface area contributed by atoms with E-state index in [1.54, 1.807) is 6.07 Å². The van der Waals surface area contributed by atoms with E-state index in [1.807, 2.05) is 18.2 Å². The van der Waals surface area contributed by atoms with Crippen LogP contribution in [0.1, 0.15) is 96.8 Å². The van der Waals surface area contributed by atoms with E-state index in [9.17, 15) is 4.79 Å². The maximum absolute atomic E-state index is 11.7. The first-order valence-corrected chi connectivity index (χ1v) is 12.4. The van der Waals surface area contributed by atoms with Crippen molar-refractivity contribution in [2.45, 2.75) is 96.8 Å². The third-order valence-corrected chi connectivity index (χ3v) is 5.38. The van der Waals surface area contributed by atoms with Crippen LogP contribution in [0.25, 0.3) is 0 Å². The molecule has 0 aromatic heterocycles. The Hall–Kier alpha value is -1.75. The van der Waals surface area contributed by atoms with Gasteiger partial charge in [-0.1, -0.05) is 96.1 Å². The summed E-state index contributed by atoms with van der Waals surface area (Å²) in [5, 5.41) is 0. The summed E-state index contributed by atoms with van der Waals surface area (Å²) in [7, 11) is 0. The Morgan fingerprint density at radius 2 is 1.29 bits per heavy atom. The van der Waals surface area contributed by atoms with E-state index in [1.165, 1.54) is 70.6 Å². The van der Waals surface area contributed by atoms with E-state index in [0.717, 1.165) is 12.8 Å². The number of nitrogen functional groups attached to an aromatic ring is 1. The highest BCUT2D eigenvalue weighted by Gasteiger charge is 2.03. The van der Waals surface area contributed by atoms with Crippen LogP contribution in [0.4, 0.5) is 5.69 Å². The molecule has 178 valence electrons. The van der Waals surface area contributed by atoms with Crippen molar-refractivity contribution in [2.75, 3.05) is 32.2 Å². The second kappa shape index (κ2) is 20.2. The molecule has 2 N–H and O–H groups in total. The number of esters is 1. The minimum Gasteiger partial charge on any atom is -0.489 e. The molecule has 0 saturated heterocycles. The van der Waals surface area contributed by atoms with Gasteiger partial charge in [-0.25, -0.2) is 0 Å². The summed E-state index contributed by atoms with van der Waals surface area (Å²) in [6.45, 7) is 3.80. The number of anilines is 1. The van der Waals surface area contributed by atoms with Crippen molar-refractivity contribution in [3.8, 4) is 5.75 Å². The Kier molecular flexibility index (Phi) is 17.8. The van der Waals surface area contributed by atoms with Crippen molar-refractivity contribution >= 4 is 11.7 Å². The highest BCUT2D eigenvalue weighted by Crippen LogP contribution is 2.19. The largest absolute Gasteiger partial charge is 0.489 e. The molecule has 0 radical (unpaired) electrons. The molecule has 0 unspecified atom stereocenters. The maximum Gasteiger partial charge on any atom is 0.305 e. The number of nitrogens with two attached hydrogens (primary N) is 1. The van der Waals surface area contributed by atoms with Gasteiger partial charge in [0.1, 0.15) is 19.0 Å². The molecule has 5 heteroatoms. The molecule has 1 aromatic rings. The summed E-state index contributed by atoms with van der Waals surface area (Å²) in [6.07, 6.45) is 17.5. The van der Waals surface area contributed by atoms with Gasteiger partial charge in [-0.2, -0.15) is 0 Å². The van der Waals surface area contributed by atoms with Gasteiger partial charge in [-0.15, -0.1) is 0 Å². The van der Waals surface area contributed by atoms with Crippen molar-refractivity contribution in [3.05, 3.63) is 24.3 Å². The van der Waals surface area contributed by atoms with Gasteiger partial charge in [-0.3, -0.25) is 4.79 Å². The van der Waals surface area contributed by atoms with E-state index < -0.39 is 0 Å². The van der Waals surface area contributed by atoms with Crippen LogP contribution in [0.3, 0.4) is 0 Å². The van der Waals surface area contributed by atoms with E-state index in [0.29, 0.717) is 44.3 Å². The fourth-order valence-corrected chi connectivity index (χ4v) is 3.50. The highest BCUT2D eigenvalue weighted by molar-refractivity contribution is 5.69. The summed E-state index contributed by atoms with van der Waals surface area (Å²) in [4.78, 5) is 11.7. The van der Waals surface area contributed by atoms with Crippen molar-refractivity contribution in [1.29, 1.82) is 0 Å². The van der Waals surface area contributed by atoms with Crippen molar-refractivity contribution in [1.82, 2.24) is 0 Å². The van der Waals surface area contributed by atoms with Gasteiger partial charge < -0.3 is 19.9 Å². The van der Waals surface area contributed by atoms with E-state index in [2.05, 4.69) is 6.92 Å². The van der Waals surface area contributed by atoms with E-state index in [-0.39, 0.29) is 5.97 Å². The molecule has 5 nitrogen and oxygen atoms in total. The zero-order chi connectivity index (χ0) is 22.4. The van der Waals surface area contributed by atoms with Gasteiger partial charge in [0, 0.05) is 6.42 Å². The number of hydrogen-bond acceptors (Lipinski definition) is 5. The third-order valence-electron chi connectivity index (χ3n) is 5.38. The standard InChI is InChI=1S/C26H45NO4/c1-2-3-4-5-6-7-8-9-10-11-12-13-14-19-26(28)31-23-21-29-20-22-30-25-18-16-15-17-24(25)27/h15-18H,2-14,19-23,27H2,1H3. The predicted molar refractivity (Wildman–Crippen MR) is 128 cm³/mol. The van der Waals surface area contributed by atoms with Crippen LogP contribution in [0.15, 0.2) is 24.3 Å². The fourth-order valence-electron chi connectivity index (χ4n) is 3.50. The second-order valence-corrected chi connectivity index (χ2v) is 8.21. The number of carbonyl (C=O) groups is 1. The SMILES string of the molecule is CCCCCCCCCCCCCCCC(=O)OCCOCCOc1ccccc1N. The first-order valence-electron chi connectivity index (χ1n) is 12.4. The van der Waals surface area contributed by atoms with Gasteiger partial charge in [0.05, 0.1) is 18.9 Å². The minimum atomic E-state index is -0.125. The molecule has 0 fully saturated rings. The molecule has 1 rings (SSSR count). The number of ether oxygens (including phenoxy) is 3. The second-order valence-electron chi connectivity index (χ2n) is 8.21. The summed E-state index contributed by atoms with van der Waals surface area (Å²) in [5.74, 6) is 0.537. The Labute approximate surface area is 190 Å². The molecular weight excluding hydrogens is 390 g/mol. The lowest BCUT2D eigenvalue weighted by Gasteiger charge is -2.09. The van der Waals surface area contributed by atoms with Gasteiger partial charge in [0.25, 0.3) is 0 Å². The van der Waals surface area contributed by atoms with Gasteiger partial charge in [0.2, 0.25) is 0 Å². The summed E-state index contributed by atoms with van der Waals surface area (Å²) >= 11 is 0. The average Bonchev–Trinajstić information content (AvgIpc) is 2.77. The van der Waals surface area contributed by atoms with E-state index >= 15 is 0 Å². The van der Waals surface area contributed by atoms with E-state index in [4.69, 9.17) is 19.9 Å². The number of rotatable bonds is 21. The van der Waals surface area contributed by atoms with Crippen LogP contribution < -0.4 is 10.5 Å². The number of benzene rings is 1. The summed E-state index contributed by atoms with van der Waals surface area (Å²) in [6, 6.07) is 7.37. The lowest BCUT2D eigenvalue weighted by molar-refractivity contribution is -0.145. The van der Waals surface area contributed by atoms with Crippen molar-refractivity contribution in [3.63, 3.8) is 0 Å². The lowest BCUT2D eigenvalue weighted by Crippen LogP contribution is -2.13. The van der Waals surface area contributed by atoms with Crippen LogP contribution in [0, 0.1) is 0 Å². The normalized spacial score (nSPS) is 10.9. The number of unbranched alkanes of at least 4 members (excludes halogenated alkanes) is 12. The zero-order valence-electron chi connectivity index (χ0n) is 19.7. The lowest BCUT2D eigenvalue weighted by atomic mass is 10.0. The smallest absolute Gasteiger partial charge is 0.305 e. The Morgan fingerprint density at radius 3 is 1.90 bits per heavy atom. The van der Waals surface area contributed by atoms with Crippen LogP contribution in [-0.4, -0.2) is 32.4 Å². The molecular formula is C26H45NO4. The topological polar surface area (TPSA) is 70.8 Å². The highest BCUT2D eigenvalue weighted by atomic mass is 16.6. The Morgan fingerprint density at radius 1 is 0.742 bits per heavy atom. The molecule has 0 spiro atoms. The first kappa shape index (κ1) is 27.3. The fraction of sp³-hybridized carbons (Fsp3) is 0.731. The predicted octanol–water partition coefficient (Wildman–Crippen LogP) is 6.69. The van der Waals surface area contributed by atoms with Gasteiger partial charge in [-0.05, 0) is 18.6 Å². The van der Waals surface area contributed by atoms with Crippen LogP contribution in [-0.2, 0) is 14.3 Å². The van der Waals surface area contributed by atoms with Gasteiger partial charge >= 0.3 is 5.97 Å². The van der Waals surface area contributed by atoms with Crippen molar-refractivity contribution < 1.29 is 19.0 Å². The molecule has 0 bridgehead atoms. The van der Waals surface area contributed by atoms with Crippen LogP contribution >= 0.6 is 0 Å². The summed E-state index contributed by atoms with van der Waals surface area (Å²) < 4.78 is 16.2. The number of hydrogen-bond donors (Lipinski definition) is 1. The van der Waals surface area contributed by atoms with Crippen LogP contribution in [0.5, 0.6) is 5.75 Å². The molecule has 0 heterocycles. The summed E-state index contributed by atoms with van der Waals surface area (Å²) in [5.41, 5.74) is 6.42. The molecule has 0 aliphatic rings. The first-order chi connectivity index (χ1) is 15.2. The third kappa shape index (κ3) is 16.6. The quantitative estimate of drug-likeness (QED) is 0.132. The van der Waals surface area contributed by atoms with Gasteiger partial charge in [0.15, 0.2) is 0 Å². The minimum absolute atomic E-state index is 0.125. The molecule has 0 amide bonds. The molecule has 1 aromatic carbocycles. The molecule has 0 atom stereocenters. The molecule has 0 aliphatic heterocycles. The molecule has 0 aliphatic carbocycles. The Balaban J connectivity index is 1.78. The number of para-hydroxylation sites is 2. The zero-order valence-corrected chi connectivity index (χ0v) is 19.7. The van der Waals surface area contributed by atoms with Crippen molar-refractivity contribution in [2.24, 2.45) is 0 Å². The monoisotopic (exact) mass is 435 g/mol. The number of carbonyl (C=O) groups excluding carboxylic acids is 1. The molecule has 0 saturated carbocycles. The average molecular weight is 436 g/mol. The maximum atomic E-state index is 11.7. The Bertz CT molecular complexity index is 550.